The molecule has 2 aromatic rings. The molecule has 2 heteroatoms. The molecule has 30 heavy (non-hydrogen) atoms. The molecule has 0 unspecified atom stereocenters. The summed E-state index contributed by atoms with van der Waals surface area (Å²) in [4.78, 5) is 0. The van der Waals surface area contributed by atoms with Gasteiger partial charge in [-0.2, -0.15) is 0 Å². The molecule has 0 atom stereocenters. The van der Waals surface area contributed by atoms with E-state index in [4.69, 9.17) is 9.47 Å². The smallest absolute Gasteiger partial charge is 0.130 e. The zero-order valence-electron chi connectivity index (χ0n) is 20.0. The average Bonchev–Trinajstić information content (AvgIpc) is 2.76. The first-order valence-corrected chi connectivity index (χ1v) is 12.5. The molecule has 0 bridgehead atoms. The monoisotopic (exact) mass is 412 g/mol. The number of fused-ring (bicyclic) bond motifs is 1. The van der Waals surface area contributed by atoms with Crippen LogP contribution in [0.3, 0.4) is 0 Å². The molecule has 2 aromatic carbocycles. The van der Waals surface area contributed by atoms with E-state index in [1.165, 1.54) is 86.1 Å². The largest absolute Gasteiger partial charge is 0.493 e. The van der Waals surface area contributed by atoms with E-state index in [-0.39, 0.29) is 0 Å². The number of ether oxygens (including phenoxy) is 2. The third-order valence-electron chi connectivity index (χ3n) is 6.15. The third-order valence-corrected chi connectivity index (χ3v) is 6.15. The zero-order chi connectivity index (χ0) is 21.6. The van der Waals surface area contributed by atoms with Crippen molar-refractivity contribution in [1.29, 1.82) is 0 Å². The van der Waals surface area contributed by atoms with E-state index in [1.54, 1.807) is 0 Å². The van der Waals surface area contributed by atoms with Gasteiger partial charge in [-0.25, -0.2) is 0 Å². The van der Waals surface area contributed by atoms with Gasteiger partial charge in [0.15, 0.2) is 0 Å². The number of benzene rings is 2. The molecule has 0 amide bonds. The van der Waals surface area contributed by atoms with Gasteiger partial charge in [0, 0.05) is 10.8 Å². The highest BCUT2D eigenvalue weighted by atomic mass is 16.5. The van der Waals surface area contributed by atoms with Crippen molar-refractivity contribution in [2.24, 2.45) is 0 Å². The first kappa shape index (κ1) is 24.6. The van der Waals surface area contributed by atoms with Gasteiger partial charge in [-0.3, -0.25) is 0 Å². The predicted molar refractivity (Wildman–Crippen MR) is 131 cm³/mol. The Kier molecular flexibility index (Phi) is 11.7. The van der Waals surface area contributed by atoms with Gasteiger partial charge in [0.1, 0.15) is 11.5 Å². The van der Waals surface area contributed by atoms with Gasteiger partial charge < -0.3 is 9.47 Å². The van der Waals surface area contributed by atoms with E-state index in [1.807, 2.05) is 0 Å². The Hall–Kier alpha value is -1.70. The number of hydrogen-bond donors (Lipinski definition) is 0. The van der Waals surface area contributed by atoms with Crippen LogP contribution in [-0.4, -0.2) is 13.2 Å². The fourth-order valence-corrected chi connectivity index (χ4v) is 4.11. The van der Waals surface area contributed by atoms with Crippen LogP contribution in [0.2, 0.25) is 0 Å². The maximum atomic E-state index is 6.32. The summed E-state index contributed by atoms with van der Waals surface area (Å²) in [5, 5.41) is 2.37. The summed E-state index contributed by atoms with van der Waals surface area (Å²) >= 11 is 0. The lowest BCUT2D eigenvalue weighted by atomic mass is 9.99. The van der Waals surface area contributed by atoms with Gasteiger partial charge >= 0.3 is 0 Å². The molecular weight excluding hydrogens is 368 g/mol. The van der Waals surface area contributed by atoms with Crippen LogP contribution in [0.5, 0.6) is 11.5 Å². The maximum absolute atomic E-state index is 6.32. The summed E-state index contributed by atoms with van der Waals surface area (Å²) in [6.45, 7) is 10.5. The Labute approximate surface area is 185 Å². The molecule has 0 radical (unpaired) electrons. The molecule has 0 aliphatic carbocycles. The molecule has 2 rings (SSSR count). The highest BCUT2D eigenvalue weighted by molar-refractivity contribution is 5.95. The lowest BCUT2D eigenvalue weighted by molar-refractivity contribution is 0.298. The van der Waals surface area contributed by atoms with E-state index in [0.29, 0.717) is 0 Å². The van der Waals surface area contributed by atoms with Crippen LogP contribution in [-0.2, 0) is 0 Å². The minimum absolute atomic E-state index is 0.800. The molecule has 168 valence electrons. The molecule has 0 saturated heterocycles. The topological polar surface area (TPSA) is 18.5 Å². The van der Waals surface area contributed by atoms with Crippen LogP contribution in [0.4, 0.5) is 0 Å². The van der Waals surface area contributed by atoms with Crippen LogP contribution >= 0.6 is 0 Å². The predicted octanol–water partition coefficient (Wildman–Crippen LogP) is 8.94. The molecule has 0 aliphatic rings. The standard InChI is InChI=1S/C28H44O2/c1-5-7-9-11-13-17-21-29-27-23(3)24(4)28(26-20-16-15-19-25(26)27)30-22-18-14-12-10-8-6-2/h15-16,19-20H,5-14,17-18,21-22H2,1-4H3. The number of unbranched alkanes of at least 4 members (excludes halogenated alkanes) is 10. The second-order valence-electron chi connectivity index (χ2n) is 8.69. The lowest BCUT2D eigenvalue weighted by Gasteiger charge is -2.19. The van der Waals surface area contributed by atoms with Gasteiger partial charge in [0.2, 0.25) is 0 Å². The molecule has 0 spiro atoms. The summed E-state index contributed by atoms with van der Waals surface area (Å²) < 4.78 is 12.6. The van der Waals surface area contributed by atoms with Crippen molar-refractivity contribution in [2.45, 2.75) is 105 Å². The molecule has 0 saturated carbocycles. The summed E-state index contributed by atoms with van der Waals surface area (Å²) in [7, 11) is 0. The highest BCUT2D eigenvalue weighted by Gasteiger charge is 2.16. The van der Waals surface area contributed by atoms with E-state index in [0.717, 1.165) is 37.6 Å². The summed E-state index contributed by atoms with van der Waals surface area (Å²) in [5.41, 5.74) is 2.44. The normalized spacial score (nSPS) is 11.2. The maximum Gasteiger partial charge on any atom is 0.130 e. The zero-order valence-corrected chi connectivity index (χ0v) is 20.0. The van der Waals surface area contributed by atoms with Gasteiger partial charge in [-0.15, -0.1) is 0 Å². The first-order valence-electron chi connectivity index (χ1n) is 12.5. The van der Waals surface area contributed by atoms with Crippen molar-refractivity contribution in [3.05, 3.63) is 35.4 Å². The SMILES string of the molecule is CCCCCCCCOc1c(C)c(C)c(OCCCCCCCC)c2ccccc12. The quantitative estimate of drug-likeness (QED) is 0.256. The molecule has 2 nitrogen and oxygen atoms in total. The molecule has 0 heterocycles. The van der Waals surface area contributed by atoms with Gasteiger partial charge in [0.25, 0.3) is 0 Å². The average molecular weight is 413 g/mol. The molecular formula is C28H44O2. The Balaban J connectivity index is 1.98. The van der Waals surface area contributed by atoms with Crippen LogP contribution < -0.4 is 9.47 Å². The van der Waals surface area contributed by atoms with Crippen LogP contribution in [0.1, 0.15) is 102 Å². The van der Waals surface area contributed by atoms with Crippen molar-refractivity contribution in [2.75, 3.05) is 13.2 Å². The Morgan fingerprint density at radius 3 is 1.30 bits per heavy atom. The van der Waals surface area contributed by atoms with Crippen molar-refractivity contribution >= 4 is 10.8 Å². The van der Waals surface area contributed by atoms with Crippen LogP contribution in [0.15, 0.2) is 24.3 Å². The minimum Gasteiger partial charge on any atom is -0.493 e. The minimum atomic E-state index is 0.800. The Morgan fingerprint density at radius 1 is 0.533 bits per heavy atom. The molecule has 0 N–H and O–H groups in total. The summed E-state index contributed by atoms with van der Waals surface area (Å²) in [5.74, 6) is 2.09. The molecule has 0 aliphatic heterocycles. The molecule has 0 aromatic heterocycles. The Morgan fingerprint density at radius 2 is 0.900 bits per heavy atom. The second kappa shape index (κ2) is 14.3. The van der Waals surface area contributed by atoms with E-state index in [9.17, 15) is 0 Å². The molecule has 0 fully saturated rings. The fourth-order valence-electron chi connectivity index (χ4n) is 4.11. The van der Waals surface area contributed by atoms with Crippen molar-refractivity contribution in [3.63, 3.8) is 0 Å². The first-order chi connectivity index (χ1) is 14.7. The van der Waals surface area contributed by atoms with E-state index >= 15 is 0 Å². The number of rotatable bonds is 16. The van der Waals surface area contributed by atoms with Gasteiger partial charge in [-0.05, 0) is 37.8 Å². The Bertz CT molecular complexity index is 672. The van der Waals surface area contributed by atoms with Crippen LogP contribution in [0, 0.1) is 13.8 Å². The van der Waals surface area contributed by atoms with Crippen molar-refractivity contribution < 1.29 is 9.47 Å². The number of hydrogen-bond acceptors (Lipinski definition) is 2. The second-order valence-corrected chi connectivity index (χ2v) is 8.69. The van der Waals surface area contributed by atoms with E-state index < -0.39 is 0 Å². The highest BCUT2D eigenvalue weighted by Crippen LogP contribution is 2.40. The fraction of sp³-hybridized carbons (Fsp3) is 0.643. The third kappa shape index (κ3) is 7.52. The lowest BCUT2D eigenvalue weighted by Crippen LogP contribution is -2.05. The summed E-state index contributed by atoms with van der Waals surface area (Å²) in [6.07, 6.45) is 15.4. The van der Waals surface area contributed by atoms with Gasteiger partial charge in [0.05, 0.1) is 13.2 Å². The van der Waals surface area contributed by atoms with Gasteiger partial charge in [-0.1, -0.05) is 102 Å². The van der Waals surface area contributed by atoms with Crippen LogP contribution in [0.25, 0.3) is 10.8 Å². The summed E-state index contributed by atoms with van der Waals surface area (Å²) in [6, 6.07) is 8.56. The van der Waals surface area contributed by atoms with E-state index in [2.05, 4.69) is 52.0 Å². The van der Waals surface area contributed by atoms with Crippen molar-refractivity contribution in [3.8, 4) is 11.5 Å². The van der Waals surface area contributed by atoms with Crippen molar-refractivity contribution in [1.82, 2.24) is 0 Å².